The van der Waals surface area contributed by atoms with Crippen LogP contribution in [0.1, 0.15) is 53.7 Å². The van der Waals surface area contributed by atoms with Crippen LogP contribution in [0.2, 0.25) is 0 Å². The highest BCUT2D eigenvalue weighted by molar-refractivity contribution is 5.94. The van der Waals surface area contributed by atoms with Gasteiger partial charge in [-0.2, -0.15) is 0 Å². The monoisotopic (exact) mass is 272 g/mol. The third kappa shape index (κ3) is 1.96. The van der Waals surface area contributed by atoms with Gasteiger partial charge in [-0.1, -0.05) is 13.0 Å². The summed E-state index contributed by atoms with van der Waals surface area (Å²) in [6, 6.07) is 6.72. The van der Waals surface area contributed by atoms with E-state index in [2.05, 4.69) is 24.4 Å². The number of hydrogen-bond acceptors (Lipinski definition) is 2. The molecular weight excluding hydrogens is 248 g/mol. The van der Waals surface area contributed by atoms with Crippen molar-refractivity contribution in [3.05, 3.63) is 34.9 Å². The van der Waals surface area contributed by atoms with Crippen molar-refractivity contribution in [2.45, 2.75) is 38.6 Å². The van der Waals surface area contributed by atoms with Gasteiger partial charge in [0.1, 0.15) is 0 Å². The Morgan fingerprint density at radius 2 is 2.25 bits per heavy atom. The van der Waals surface area contributed by atoms with Crippen molar-refractivity contribution in [2.24, 2.45) is 5.41 Å². The zero-order chi connectivity index (χ0) is 14.3. The van der Waals surface area contributed by atoms with Crippen molar-refractivity contribution in [2.75, 3.05) is 20.6 Å². The number of nitrogens with zero attached hydrogens (tertiary/aromatic N) is 1. The number of amides is 1. The number of rotatable bonds is 2. The molecular formula is C17H24N2O. The first kappa shape index (κ1) is 13.6. The summed E-state index contributed by atoms with van der Waals surface area (Å²) in [6.07, 6.45) is 4.93. The lowest BCUT2D eigenvalue weighted by molar-refractivity contribution is 0.0827. The van der Waals surface area contributed by atoms with Gasteiger partial charge in [0, 0.05) is 25.7 Å². The van der Waals surface area contributed by atoms with E-state index in [1.165, 1.54) is 30.4 Å². The highest BCUT2D eigenvalue weighted by Crippen LogP contribution is 2.52. The minimum absolute atomic E-state index is 0.0950. The molecule has 1 amide bonds. The second kappa shape index (κ2) is 4.88. The smallest absolute Gasteiger partial charge is 0.253 e. The summed E-state index contributed by atoms with van der Waals surface area (Å²) in [5.74, 6) is 0.0950. The van der Waals surface area contributed by atoms with Gasteiger partial charge in [-0.15, -0.1) is 0 Å². The zero-order valence-electron chi connectivity index (χ0n) is 12.7. The summed E-state index contributed by atoms with van der Waals surface area (Å²) in [5.41, 5.74) is 3.98. The number of benzene rings is 1. The molecule has 1 saturated heterocycles. The third-order valence-electron chi connectivity index (χ3n) is 5.17. The van der Waals surface area contributed by atoms with Gasteiger partial charge in [0.05, 0.1) is 0 Å². The Labute approximate surface area is 121 Å². The fourth-order valence-corrected chi connectivity index (χ4v) is 3.98. The Balaban J connectivity index is 2.00. The van der Waals surface area contributed by atoms with E-state index in [-0.39, 0.29) is 5.91 Å². The van der Waals surface area contributed by atoms with E-state index >= 15 is 0 Å². The molecule has 0 unspecified atom stereocenters. The summed E-state index contributed by atoms with van der Waals surface area (Å²) in [7, 11) is 3.62. The predicted molar refractivity (Wildman–Crippen MR) is 80.9 cm³/mol. The number of nitrogens with one attached hydrogen (secondary N) is 1. The Morgan fingerprint density at radius 3 is 2.95 bits per heavy atom. The quantitative estimate of drug-likeness (QED) is 0.898. The van der Waals surface area contributed by atoms with Crippen LogP contribution in [-0.4, -0.2) is 31.4 Å². The molecule has 2 aliphatic rings. The van der Waals surface area contributed by atoms with Crippen molar-refractivity contribution in [3.63, 3.8) is 0 Å². The second-order valence-electron chi connectivity index (χ2n) is 6.50. The van der Waals surface area contributed by atoms with Gasteiger partial charge in [0.25, 0.3) is 5.91 Å². The number of carbonyl (C=O) groups excluding carboxylic acids is 1. The van der Waals surface area contributed by atoms with Crippen molar-refractivity contribution < 1.29 is 4.79 Å². The lowest BCUT2D eigenvalue weighted by Gasteiger charge is -2.40. The first-order valence-electron chi connectivity index (χ1n) is 7.65. The average Bonchev–Trinajstić information content (AvgIpc) is 2.80. The molecule has 1 heterocycles. The molecule has 0 spiro atoms. The third-order valence-corrected chi connectivity index (χ3v) is 5.17. The van der Waals surface area contributed by atoms with E-state index in [9.17, 15) is 4.79 Å². The van der Waals surface area contributed by atoms with Gasteiger partial charge in [-0.3, -0.25) is 4.79 Å². The highest BCUT2D eigenvalue weighted by atomic mass is 16.2. The molecule has 0 aromatic heterocycles. The topological polar surface area (TPSA) is 32.3 Å². The van der Waals surface area contributed by atoms with Crippen molar-refractivity contribution in [1.29, 1.82) is 0 Å². The van der Waals surface area contributed by atoms with Crippen LogP contribution in [-0.2, 0) is 6.42 Å². The van der Waals surface area contributed by atoms with Crippen molar-refractivity contribution >= 4 is 5.91 Å². The van der Waals surface area contributed by atoms with Crippen LogP contribution >= 0.6 is 0 Å². The molecule has 0 radical (unpaired) electrons. The fraction of sp³-hybridized carbons (Fsp3) is 0.588. The van der Waals surface area contributed by atoms with Crippen LogP contribution in [0.25, 0.3) is 0 Å². The van der Waals surface area contributed by atoms with Gasteiger partial charge >= 0.3 is 0 Å². The molecule has 20 heavy (non-hydrogen) atoms. The van der Waals surface area contributed by atoms with Crippen LogP contribution in [0.5, 0.6) is 0 Å². The Kier molecular flexibility index (Phi) is 3.33. The maximum Gasteiger partial charge on any atom is 0.253 e. The molecule has 0 bridgehead atoms. The summed E-state index contributed by atoms with van der Waals surface area (Å²) in [6.45, 7) is 3.40. The Bertz CT molecular complexity index is 538. The molecule has 1 aromatic rings. The van der Waals surface area contributed by atoms with Gasteiger partial charge < -0.3 is 10.2 Å². The zero-order valence-corrected chi connectivity index (χ0v) is 12.7. The summed E-state index contributed by atoms with van der Waals surface area (Å²) >= 11 is 0. The highest BCUT2D eigenvalue weighted by Gasteiger charge is 2.46. The van der Waals surface area contributed by atoms with Gasteiger partial charge in [0.15, 0.2) is 0 Å². The van der Waals surface area contributed by atoms with E-state index in [1.807, 2.05) is 20.2 Å². The lowest BCUT2D eigenvalue weighted by atomic mass is 9.72. The minimum atomic E-state index is 0.0950. The molecule has 1 fully saturated rings. The molecule has 1 aromatic carbocycles. The number of hydrogen-bond donors (Lipinski definition) is 1. The van der Waals surface area contributed by atoms with E-state index in [0.29, 0.717) is 11.5 Å². The Hall–Kier alpha value is -1.35. The van der Waals surface area contributed by atoms with Crippen LogP contribution in [0.15, 0.2) is 18.2 Å². The minimum Gasteiger partial charge on any atom is -0.345 e. The molecule has 3 rings (SSSR count). The largest absolute Gasteiger partial charge is 0.345 e. The number of piperidine rings is 1. The van der Waals surface area contributed by atoms with Crippen LogP contribution in [0.3, 0.4) is 0 Å². The molecule has 0 saturated carbocycles. The van der Waals surface area contributed by atoms with E-state index in [1.54, 1.807) is 4.90 Å². The standard InChI is InChI=1S/C17H24N2O/c1-4-17-8-5-9-18-15(17)14-10-12(16(20)19(2)3)6-7-13(14)11-17/h6-7,10,15,18H,4-5,8-9,11H2,1-3H3/t15-,17+/m0/s1. The number of carbonyl (C=O) groups is 1. The van der Waals surface area contributed by atoms with Crippen molar-refractivity contribution in [3.8, 4) is 0 Å². The second-order valence-corrected chi connectivity index (χ2v) is 6.50. The normalized spacial score (nSPS) is 27.9. The van der Waals surface area contributed by atoms with E-state index < -0.39 is 0 Å². The average molecular weight is 272 g/mol. The summed E-state index contributed by atoms with van der Waals surface area (Å²) in [5, 5.41) is 3.70. The van der Waals surface area contributed by atoms with Crippen LogP contribution < -0.4 is 5.32 Å². The molecule has 108 valence electrons. The van der Waals surface area contributed by atoms with Gasteiger partial charge in [-0.25, -0.2) is 0 Å². The first-order chi connectivity index (χ1) is 9.57. The fourth-order valence-electron chi connectivity index (χ4n) is 3.98. The van der Waals surface area contributed by atoms with Crippen molar-refractivity contribution in [1.82, 2.24) is 10.2 Å². The molecule has 3 nitrogen and oxygen atoms in total. The van der Waals surface area contributed by atoms with E-state index in [0.717, 1.165) is 18.5 Å². The van der Waals surface area contributed by atoms with Gasteiger partial charge in [-0.05, 0) is 60.9 Å². The molecule has 1 N–H and O–H groups in total. The summed E-state index contributed by atoms with van der Waals surface area (Å²) < 4.78 is 0. The maximum atomic E-state index is 12.2. The molecule has 3 heteroatoms. The molecule has 1 aliphatic carbocycles. The number of fused-ring (bicyclic) bond motifs is 3. The van der Waals surface area contributed by atoms with Crippen LogP contribution in [0, 0.1) is 5.41 Å². The maximum absolute atomic E-state index is 12.2. The molecule has 2 atom stereocenters. The predicted octanol–water partition coefficient (Wildman–Crippen LogP) is 2.77. The van der Waals surface area contributed by atoms with Gasteiger partial charge in [0.2, 0.25) is 0 Å². The SMILES string of the molecule is CC[C@]12CCCN[C@H]1c1cc(C(=O)N(C)C)ccc1C2. The van der Waals surface area contributed by atoms with E-state index in [4.69, 9.17) is 0 Å². The first-order valence-corrected chi connectivity index (χ1v) is 7.65. The summed E-state index contributed by atoms with van der Waals surface area (Å²) in [4.78, 5) is 13.8. The Morgan fingerprint density at radius 1 is 1.45 bits per heavy atom. The molecule has 1 aliphatic heterocycles. The van der Waals surface area contributed by atoms with Crippen LogP contribution in [0.4, 0.5) is 0 Å². The lowest BCUT2D eigenvalue weighted by Crippen LogP contribution is -2.40.